The lowest BCUT2D eigenvalue weighted by Gasteiger charge is -2.38. The number of hydrogen-bond donors (Lipinski definition) is 2. The zero-order valence-corrected chi connectivity index (χ0v) is 36.8. The molecular formula is C61H49N5. The van der Waals surface area contributed by atoms with Gasteiger partial charge in [-0.1, -0.05) is 158 Å². The van der Waals surface area contributed by atoms with Gasteiger partial charge in [0.2, 0.25) is 0 Å². The van der Waals surface area contributed by atoms with Gasteiger partial charge in [-0.2, -0.15) is 0 Å². The summed E-state index contributed by atoms with van der Waals surface area (Å²) in [7, 11) is 0. The van der Waals surface area contributed by atoms with Gasteiger partial charge in [-0.25, -0.2) is 4.99 Å². The van der Waals surface area contributed by atoms with E-state index in [-0.39, 0.29) is 12.3 Å². The number of amidine groups is 1. The Morgan fingerprint density at radius 1 is 0.667 bits per heavy atom. The monoisotopic (exact) mass is 851 g/mol. The molecule has 5 aliphatic carbocycles. The second-order valence-electron chi connectivity index (χ2n) is 18.9. The lowest BCUT2D eigenvalue weighted by atomic mass is 9.79. The Balaban J connectivity index is 0.958. The van der Waals surface area contributed by atoms with Crippen molar-refractivity contribution >= 4 is 78.8 Å². The molecule has 8 aromatic rings. The predicted octanol–water partition coefficient (Wildman–Crippen LogP) is 12.1. The number of aliphatic imine (C=N–C) groups is 1. The minimum absolute atomic E-state index is 0.202. The van der Waals surface area contributed by atoms with Gasteiger partial charge in [0, 0.05) is 50.0 Å². The molecule has 2 N–H and O–H groups in total. The van der Waals surface area contributed by atoms with Crippen LogP contribution in [0.4, 0.5) is 0 Å². The first-order valence-corrected chi connectivity index (χ1v) is 23.9. The average Bonchev–Trinajstić information content (AvgIpc) is 3.89. The van der Waals surface area contributed by atoms with E-state index < -0.39 is 0 Å². The first-order chi connectivity index (χ1) is 32.7. The first kappa shape index (κ1) is 37.9. The maximum Gasteiger partial charge on any atom is 0.131 e. The van der Waals surface area contributed by atoms with Crippen molar-refractivity contribution in [1.29, 1.82) is 0 Å². The lowest BCUT2D eigenvalue weighted by Crippen LogP contribution is -2.53. The van der Waals surface area contributed by atoms with Crippen LogP contribution < -0.4 is 21.2 Å². The topological polar surface area (TPSA) is 46.3 Å². The summed E-state index contributed by atoms with van der Waals surface area (Å²) in [6, 6.07) is 48.7. The molecule has 5 nitrogen and oxygen atoms in total. The highest BCUT2D eigenvalue weighted by Crippen LogP contribution is 2.43. The van der Waals surface area contributed by atoms with Crippen LogP contribution in [0.15, 0.2) is 192 Å². The Labute approximate surface area is 384 Å². The standard InChI is InChI=1S/C61H49N5/c1-2-16-40(17-3-1)59-62-60(44-29-31-47-43(34-44)27-26-38-14-6-8-20-46(38)47)64-61(63-59)51-32-28-39-15-7-9-21-48(39)58(51)66-56-33-30-45(37-53(56)52-35-41-18-4-5-19-42(41)36-57(52)66)65-54-24-12-10-22-49(54)50-23-11-13-25-55(50)65/h1-6,8-14,16-17,19-27,29,31-32,34-37,39,41,60-61,64H,7,15,18,28,30,33H2,(H,62,63). The molecule has 6 aliphatic rings. The molecule has 4 atom stereocenters. The van der Waals surface area contributed by atoms with Crippen LogP contribution in [0, 0.1) is 11.8 Å². The minimum Gasteiger partial charge on any atom is -0.350 e. The molecule has 4 unspecified atom stereocenters. The van der Waals surface area contributed by atoms with Crippen molar-refractivity contribution in [3.8, 4) is 0 Å². The number of rotatable bonds is 5. The summed E-state index contributed by atoms with van der Waals surface area (Å²) in [5, 5.41) is 18.4. The Hall–Kier alpha value is -7.47. The molecule has 66 heavy (non-hydrogen) atoms. The van der Waals surface area contributed by atoms with E-state index in [1.807, 2.05) is 0 Å². The number of fused-ring (bicyclic) bond motifs is 11. The van der Waals surface area contributed by atoms with Crippen molar-refractivity contribution in [3.05, 3.63) is 220 Å². The van der Waals surface area contributed by atoms with Gasteiger partial charge >= 0.3 is 0 Å². The van der Waals surface area contributed by atoms with Crippen molar-refractivity contribution in [2.24, 2.45) is 16.8 Å². The number of allylic oxidation sites excluding steroid dienone is 9. The molecule has 6 aromatic carbocycles. The quantitative estimate of drug-likeness (QED) is 0.169. The maximum absolute atomic E-state index is 5.46. The van der Waals surface area contributed by atoms with Crippen molar-refractivity contribution < 1.29 is 0 Å². The molecular weight excluding hydrogens is 803 g/mol. The zero-order chi connectivity index (χ0) is 43.3. The number of para-hydroxylation sites is 2. The Bertz CT molecular complexity index is 3680. The van der Waals surface area contributed by atoms with Crippen LogP contribution in [0.3, 0.4) is 0 Å². The van der Waals surface area contributed by atoms with Crippen LogP contribution in [0.5, 0.6) is 0 Å². The zero-order valence-electron chi connectivity index (χ0n) is 36.8. The van der Waals surface area contributed by atoms with E-state index in [4.69, 9.17) is 4.99 Å². The SMILES string of the molecule is C1=CCC2C=c3c4c(n(C5=C6C=CCCC6CC=C5C5NC(c6ccccc6)=NC(c6ccc7c(ccc8ccccc87)c6)N5)c3=CC2=C1)CCC(n1c2ccccc2c2ccccc21)=C4. The molecule has 0 fully saturated rings. The molecule has 0 amide bonds. The van der Waals surface area contributed by atoms with Crippen LogP contribution in [0.2, 0.25) is 0 Å². The van der Waals surface area contributed by atoms with Crippen LogP contribution in [-0.4, -0.2) is 21.1 Å². The first-order valence-electron chi connectivity index (χ1n) is 23.9. The van der Waals surface area contributed by atoms with Crippen LogP contribution >= 0.6 is 0 Å². The van der Waals surface area contributed by atoms with Gasteiger partial charge in [-0.3, -0.25) is 5.32 Å². The molecule has 1 aliphatic heterocycles. The smallest absolute Gasteiger partial charge is 0.131 e. The van der Waals surface area contributed by atoms with Gasteiger partial charge in [0.05, 0.1) is 22.1 Å². The van der Waals surface area contributed by atoms with Gasteiger partial charge in [-0.15, -0.1) is 0 Å². The van der Waals surface area contributed by atoms with Crippen LogP contribution in [-0.2, 0) is 6.42 Å². The molecule has 0 bridgehead atoms. The van der Waals surface area contributed by atoms with Gasteiger partial charge in [0.25, 0.3) is 0 Å². The normalized spacial score (nSPS) is 22.1. The third-order valence-electron chi connectivity index (χ3n) is 15.2. The van der Waals surface area contributed by atoms with Gasteiger partial charge in [-0.05, 0) is 113 Å². The largest absolute Gasteiger partial charge is 0.350 e. The van der Waals surface area contributed by atoms with Gasteiger partial charge in [0.1, 0.15) is 18.2 Å². The minimum atomic E-state index is -0.266. The summed E-state index contributed by atoms with van der Waals surface area (Å²) in [6.45, 7) is 0. The molecule has 5 heteroatoms. The summed E-state index contributed by atoms with van der Waals surface area (Å²) >= 11 is 0. The maximum atomic E-state index is 5.46. The molecule has 0 saturated heterocycles. The number of nitrogens with one attached hydrogen (secondary N) is 2. The van der Waals surface area contributed by atoms with E-state index in [1.165, 1.54) is 93.3 Å². The van der Waals surface area contributed by atoms with E-state index in [0.29, 0.717) is 11.8 Å². The second kappa shape index (κ2) is 15.0. The summed E-state index contributed by atoms with van der Waals surface area (Å²) in [5.74, 6) is 1.73. The van der Waals surface area contributed by atoms with Gasteiger partial charge in [0.15, 0.2) is 0 Å². The van der Waals surface area contributed by atoms with Crippen LogP contribution in [0.25, 0.3) is 73.0 Å². The van der Waals surface area contributed by atoms with Crippen LogP contribution in [0.1, 0.15) is 60.7 Å². The lowest BCUT2D eigenvalue weighted by molar-refractivity contribution is 0.436. The van der Waals surface area contributed by atoms with Crippen molar-refractivity contribution in [2.75, 3.05) is 0 Å². The highest BCUT2D eigenvalue weighted by Gasteiger charge is 2.36. The number of hydrogen-bond acceptors (Lipinski definition) is 3. The van der Waals surface area contributed by atoms with E-state index in [1.54, 1.807) is 0 Å². The average molecular weight is 852 g/mol. The van der Waals surface area contributed by atoms with Gasteiger partial charge < -0.3 is 14.5 Å². The van der Waals surface area contributed by atoms with Crippen molar-refractivity contribution in [3.63, 3.8) is 0 Å². The molecule has 0 spiro atoms. The second-order valence-corrected chi connectivity index (χ2v) is 18.9. The fraction of sp³-hybridized carbons (Fsp3) is 0.164. The summed E-state index contributed by atoms with van der Waals surface area (Å²) in [5.41, 5.74) is 14.4. The summed E-state index contributed by atoms with van der Waals surface area (Å²) in [6.07, 6.45) is 27.8. The van der Waals surface area contributed by atoms with Crippen molar-refractivity contribution in [1.82, 2.24) is 19.8 Å². The molecule has 3 heterocycles. The highest BCUT2D eigenvalue weighted by molar-refractivity contribution is 6.11. The fourth-order valence-electron chi connectivity index (χ4n) is 12.1. The highest BCUT2D eigenvalue weighted by atomic mass is 15.3. The molecule has 0 saturated carbocycles. The Morgan fingerprint density at radius 3 is 2.30 bits per heavy atom. The summed E-state index contributed by atoms with van der Waals surface area (Å²) in [4.78, 5) is 5.46. The van der Waals surface area contributed by atoms with E-state index in [9.17, 15) is 0 Å². The Morgan fingerprint density at radius 2 is 1.44 bits per heavy atom. The number of aromatic nitrogens is 2. The molecule has 2 aromatic heterocycles. The molecule has 0 radical (unpaired) electrons. The molecule has 318 valence electrons. The molecule has 14 rings (SSSR count). The number of nitrogens with zero attached hydrogens (tertiary/aromatic N) is 3. The predicted molar refractivity (Wildman–Crippen MR) is 275 cm³/mol. The van der Waals surface area contributed by atoms with E-state index in [2.05, 4.69) is 208 Å². The third-order valence-corrected chi connectivity index (χ3v) is 15.2. The Kier molecular flexibility index (Phi) is 8.63. The van der Waals surface area contributed by atoms with Crippen molar-refractivity contribution in [2.45, 2.75) is 50.9 Å². The van der Waals surface area contributed by atoms with E-state index >= 15 is 0 Å². The fourth-order valence-corrected chi connectivity index (χ4v) is 12.1. The van der Waals surface area contributed by atoms with E-state index in [0.717, 1.165) is 55.5 Å². The summed E-state index contributed by atoms with van der Waals surface area (Å²) < 4.78 is 5.26. The number of benzene rings is 6. The third kappa shape index (κ3) is 5.92.